The van der Waals surface area contributed by atoms with Gasteiger partial charge in [-0.3, -0.25) is 4.79 Å². The Morgan fingerprint density at radius 1 is 1.00 bits per heavy atom. The minimum atomic E-state index is 0.0553. The Balaban J connectivity index is 1.28. The van der Waals surface area contributed by atoms with Crippen LogP contribution >= 0.6 is 0 Å². The Hall–Kier alpha value is -3.56. The highest BCUT2D eigenvalue weighted by molar-refractivity contribution is 5.79. The van der Waals surface area contributed by atoms with Crippen molar-refractivity contribution in [1.82, 2.24) is 39.7 Å². The Morgan fingerprint density at radius 2 is 1.93 bits per heavy atom. The number of hydrogen-bond acceptors (Lipinski definition) is 7. The summed E-state index contributed by atoms with van der Waals surface area (Å²) in [5, 5.41) is 20.6. The summed E-state index contributed by atoms with van der Waals surface area (Å²) in [5.41, 5.74) is 2.39. The molecule has 0 unspecified atom stereocenters. The largest absolute Gasteiger partial charge is 0.353 e. The van der Waals surface area contributed by atoms with Crippen molar-refractivity contribution in [3.05, 3.63) is 42.7 Å². The third-order valence-electron chi connectivity index (χ3n) is 5.03. The van der Waals surface area contributed by atoms with E-state index in [9.17, 15) is 4.79 Å². The van der Waals surface area contributed by atoms with Gasteiger partial charge in [0.1, 0.15) is 24.2 Å². The van der Waals surface area contributed by atoms with Gasteiger partial charge in [-0.2, -0.15) is 4.52 Å². The van der Waals surface area contributed by atoms with Gasteiger partial charge in [-0.25, -0.2) is 4.68 Å². The number of fused-ring (bicyclic) bond motifs is 2. The molecule has 0 aliphatic carbocycles. The third-order valence-corrected chi connectivity index (χ3v) is 5.03. The predicted molar refractivity (Wildman–Crippen MR) is 102 cm³/mol. The van der Waals surface area contributed by atoms with Gasteiger partial charge >= 0.3 is 0 Å². The highest BCUT2D eigenvalue weighted by atomic mass is 16.2. The second kappa shape index (κ2) is 6.87. The molecule has 1 aromatic carbocycles. The molecule has 28 heavy (non-hydrogen) atoms. The first-order chi connectivity index (χ1) is 13.8. The lowest BCUT2D eigenvalue weighted by Crippen LogP contribution is -2.37. The van der Waals surface area contributed by atoms with Crippen LogP contribution in [0.2, 0.25) is 0 Å². The molecule has 1 amide bonds. The molecule has 0 bridgehead atoms. The highest BCUT2D eigenvalue weighted by Crippen LogP contribution is 2.15. The van der Waals surface area contributed by atoms with Crippen molar-refractivity contribution in [3.63, 3.8) is 0 Å². The summed E-state index contributed by atoms with van der Waals surface area (Å²) in [5.74, 6) is 0.920. The van der Waals surface area contributed by atoms with Gasteiger partial charge in [0.25, 0.3) is 0 Å². The molecule has 0 radical (unpaired) electrons. The smallest absolute Gasteiger partial charge is 0.244 e. The first kappa shape index (κ1) is 16.6. The summed E-state index contributed by atoms with van der Waals surface area (Å²) < 4.78 is 3.33. The maximum Gasteiger partial charge on any atom is 0.244 e. The van der Waals surface area contributed by atoms with Gasteiger partial charge in [0.15, 0.2) is 5.65 Å². The van der Waals surface area contributed by atoms with Crippen molar-refractivity contribution < 1.29 is 4.79 Å². The molecule has 0 N–H and O–H groups in total. The van der Waals surface area contributed by atoms with E-state index in [1.807, 2.05) is 41.3 Å². The van der Waals surface area contributed by atoms with E-state index in [0.717, 1.165) is 48.6 Å². The monoisotopic (exact) mass is 377 g/mol. The Morgan fingerprint density at radius 3 is 2.89 bits per heavy atom. The number of aromatic nitrogens is 7. The zero-order valence-electron chi connectivity index (χ0n) is 15.2. The number of hydrogen-bond donors (Lipinski definition) is 0. The summed E-state index contributed by atoms with van der Waals surface area (Å²) >= 11 is 0. The number of para-hydroxylation sites is 1. The van der Waals surface area contributed by atoms with Gasteiger partial charge < -0.3 is 9.80 Å². The van der Waals surface area contributed by atoms with Crippen LogP contribution < -0.4 is 4.90 Å². The van der Waals surface area contributed by atoms with Crippen LogP contribution in [0.5, 0.6) is 0 Å². The topological polar surface area (TPSA) is 97.3 Å². The van der Waals surface area contributed by atoms with Crippen LogP contribution in [0.25, 0.3) is 16.7 Å². The lowest BCUT2D eigenvalue weighted by Gasteiger charge is -2.22. The number of amides is 1. The fourth-order valence-electron chi connectivity index (χ4n) is 3.55. The maximum atomic E-state index is 12.8. The van der Waals surface area contributed by atoms with Gasteiger partial charge in [0.05, 0.1) is 5.52 Å². The SMILES string of the molecule is O=C(Cn1nnc2ccccc21)N1CCCN(c2ccc3nncn3n2)CC1. The predicted octanol–water partition coefficient (Wildman–Crippen LogP) is 0.608. The minimum absolute atomic E-state index is 0.0553. The number of nitrogens with zero attached hydrogens (tertiary/aromatic N) is 9. The average Bonchev–Trinajstić information content (AvgIpc) is 3.27. The fraction of sp³-hybridized carbons (Fsp3) is 0.333. The van der Waals surface area contributed by atoms with Crippen LogP contribution in [0.15, 0.2) is 42.7 Å². The lowest BCUT2D eigenvalue weighted by molar-refractivity contribution is -0.131. The molecule has 0 spiro atoms. The second-order valence-electron chi connectivity index (χ2n) is 6.78. The van der Waals surface area contributed by atoms with Crippen LogP contribution in [0.3, 0.4) is 0 Å². The summed E-state index contributed by atoms with van der Waals surface area (Å²) in [6, 6.07) is 11.5. The molecule has 0 atom stereocenters. The Labute approximate surface area is 160 Å². The number of carbonyl (C=O) groups excluding carboxylic acids is 1. The van der Waals surface area contributed by atoms with Crippen LogP contribution in [0.1, 0.15) is 6.42 Å². The Kier molecular flexibility index (Phi) is 4.08. The maximum absolute atomic E-state index is 12.8. The van der Waals surface area contributed by atoms with E-state index in [1.165, 1.54) is 0 Å². The number of benzene rings is 1. The number of anilines is 1. The van der Waals surface area contributed by atoms with Crippen molar-refractivity contribution in [3.8, 4) is 0 Å². The molecular formula is C18H19N9O. The first-order valence-corrected chi connectivity index (χ1v) is 9.26. The van der Waals surface area contributed by atoms with E-state index in [2.05, 4.69) is 30.5 Å². The fourth-order valence-corrected chi connectivity index (χ4v) is 3.55. The summed E-state index contributed by atoms with van der Waals surface area (Å²) in [6.07, 6.45) is 2.47. The highest BCUT2D eigenvalue weighted by Gasteiger charge is 2.21. The normalized spacial score (nSPS) is 15.3. The van der Waals surface area contributed by atoms with Gasteiger partial charge in [0.2, 0.25) is 5.91 Å². The van der Waals surface area contributed by atoms with Gasteiger partial charge in [0, 0.05) is 26.2 Å². The average molecular weight is 377 g/mol. The third kappa shape index (κ3) is 3.02. The minimum Gasteiger partial charge on any atom is -0.353 e. The molecule has 4 aromatic rings. The molecule has 5 rings (SSSR count). The van der Waals surface area contributed by atoms with E-state index in [1.54, 1.807) is 15.5 Å². The van der Waals surface area contributed by atoms with E-state index in [0.29, 0.717) is 6.54 Å². The molecule has 3 aromatic heterocycles. The summed E-state index contributed by atoms with van der Waals surface area (Å²) in [4.78, 5) is 16.9. The standard InChI is InChI=1S/C18H19N9O/c28-18(12-26-15-5-2-1-4-14(15)20-23-26)25-9-3-8-24(10-11-25)17-7-6-16-21-19-13-27(16)22-17/h1-2,4-7,13H,3,8-12H2. The van der Waals surface area contributed by atoms with Crippen LogP contribution in [0.4, 0.5) is 5.82 Å². The Bertz CT molecular complexity index is 1130. The lowest BCUT2D eigenvalue weighted by atomic mass is 10.3. The molecule has 10 heteroatoms. The molecule has 1 fully saturated rings. The second-order valence-corrected chi connectivity index (χ2v) is 6.78. The molecule has 1 aliphatic rings. The molecule has 4 heterocycles. The van der Waals surface area contributed by atoms with Gasteiger partial charge in [-0.05, 0) is 30.7 Å². The van der Waals surface area contributed by atoms with Gasteiger partial charge in [-0.15, -0.1) is 20.4 Å². The van der Waals surface area contributed by atoms with Crippen molar-refractivity contribution in [2.45, 2.75) is 13.0 Å². The van der Waals surface area contributed by atoms with Gasteiger partial charge in [-0.1, -0.05) is 17.3 Å². The zero-order valence-corrected chi connectivity index (χ0v) is 15.2. The summed E-state index contributed by atoms with van der Waals surface area (Å²) in [6.45, 7) is 3.14. The zero-order chi connectivity index (χ0) is 18.9. The molecular weight excluding hydrogens is 358 g/mol. The number of carbonyl (C=O) groups is 1. The van der Waals surface area contributed by atoms with E-state index < -0.39 is 0 Å². The van der Waals surface area contributed by atoms with E-state index >= 15 is 0 Å². The van der Waals surface area contributed by atoms with Crippen molar-refractivity contribution in [1.29, 1.82) is 0 Å². The van der Waals surface area contributed by atoms with Crippen molar-refractivity contribution in [2.75, 3.05) is 31.1 Å². The molecule has 142 valence electrons. The summed E-state index contributed by atoms with van der Waals surface area (Å²) in [7, 11) is 0. The quantitative estimate of drug-likeness (QED) is 0.516. The molecule has 10 nitrogen and oxygen atoms in total. The molecule has 1 saturated heterocycles. The van der Waals surface area contributed by atoms with Crippen LogP contribution in [-0.2, 0) is 11.3 Å². The van der Waals surface area contributed by atoms with Crippen LogP contribution in [-0.4, -0.2) is 71.8 Å². The molecule has 0 saturated carbocycles. The van der Waals surface area contributed by atoms with E-state index in [4.69, 9.17) is 0 Å². The first-order valence-electron chi connectivity index (χ1n) is 9.26. The van der Waals surface area contributed by atoms with E-state index in [-0.39, 0.29) is 12.5 Å². The van der Waals surface area contributed by atoms with Crippen LogP contribution in [0, 0.1) is 0 Å². The molecule has 1 aliphatic heterocycles. The number of rotatable bonds is 3. The van der Waals surface area contributed by atoms with Crippen molar-refractivity contribution >= 4 is 28.4 Å². The van der Waals surface area contributed by atoms with Crippen molar-refractivity contribution in [2.24, 2.45) is 0 Å².